The molecule has 1 aromatic heterocycles. The second kappa shape index (κ2) is 6.15. The summed E-state index contributed by atoms with van der Waals surface area (Å²) in [5.74, 6) is 0.991. The summed E-state index contributed by atoms with van der Waals surface area (Å²) in [6.07, 6.45) is 6.14. The van der Waals surface area contributed by atoms with Gasteiger partial charge in [-0.05, 0) is 38.1 Å². The van der Waals surface area contributed by atoms with Crippen molar-refractivity contribution >= 4 is 23.1 Å². The zero-order valence-electron chi connectivity index (χ0n) is 11.8. The summed E-state index contributed by atoms with van der Waals surface area (Å²) in [7, 11) is 0. The molecule has 7 heteroatoms. The summed E-state index contributed by atoms with van der Waals surface area (Å²) < 4.78 is 0. The van der Waals surface area contributed by atoms with E-state index in [4.69, 9.17) is 11.6 Å². The molecule has 0 amide bonds. The summed E-state index contributed by atoms with van der Waals surface area (Å²) in [6.45, 7) is 2.73. The number of pyridine rings is 1. The Morgan fingerprint density at radius 3 is 3.00 bits per heavy atom. The Morgan fingerprint density at radius 2 is 2.29 bits per heavy atom. The van der Waals surface area contributed by atoms with Crippen LogP contribution in [0.25, 0.3) is 0 Å². The topological polar surface area (TPSA) is 71.3 Å². The van der Waals surface area contributed by atoms with Gasteiger partial charge in [-0.25, -0.2) is 4.98 Å². The fourth-order valence-electron chi connectivity index (χ4n) is 3.44. The number of halogens is 1. The van der Waals surface area contributed by atoms with Crippen LogP contribution in [0.15, 0.2) is 12.3 Å². The van der Waals surface area contributed by atoms with E-state index in [9.17, 15) is 10.1 Å². The van der Waals surface area contributed by atoms with Crippen molar-refractivity contribution in [2.24, 2.45) is 5.92 Å². The highest BCUT2D eigenvalue weighted by molar-refractivity contribution is 6.30. The van der Waals surface area contributed by atoms with Crippen LogP contribution in [0, 0.1) is 16.0 Å². The highest BCUT2D eigenvalue weighted by Crippen LogP contribution is 2.33. The Kier molecular flexibility index (Phi) is 4.26. The molecule has 2 fully saturated rings. The number of nitro groups is 1. The lowest BCUT2D eigenvalue weighted by Gasteiger charge is -2.36. The first-order chi connectivity index (χ1) is 10.1. The van der Waals surface area contributed by atoms with Gasteiger partial charge in [-0.15, -0.1) is 0 Å². The minimum absolute atomic E-state index is 0.00234. The average molecular weight is 311 g/mol. The molecule has 1 aromatic rings. The van der Waals surface area contributed by atoms with Crippen LogP contribution >= 0.6 is 11.6 Å². The zero-order chi connectivity index (χ0) is 14.8. The molecule has 2 aliphatic heterocycles. The second-order valence-electron chi connectivity index (χ2n) is 5.80. The number of rotatable bonds is 3. The van der Waals surface area contributed by atoms with Gasteiger partial charge in [0.1, 0.15) is 0 Å². The van der Waals surface area contributed by atoms with Crippen LogP contribution in [0.5, 0.6) is 0 Å². The summed E-state index contributed by atoms with van der Waals surface area (Å²) >= 11 is 5.84. The van der Waals surface area contributed by atoms with E-state index in [1.807, 2.05) is 4.90 Å². The highest BCUT2D eigenvalue weighted by Gasteiger charge is 2.32. The van der Waals surface area contributed by atoms with E-state index in [1.54, 1.807) is 0 Å². The molecule has 1 N–H and O–H groups in total. The highest BCUT2D eigenvalue weighted by atomic mass is 35.5. The molecule has 3 heterocycles. The molecule has 0 bridgehead atoms. The molecule has 21 heavy (non-hydrogen) atoms. The van der Waals surface area contributed by atoms with E-state index < -0.39 is 4.92 Å². The van der Waals surface area contributed by atoms with Crippen molar-refractivity contribution in [2.75, 3.05) is 24.5 Å². The van der Waals surface area contributed by atoms with Gasteiger partial charge in [-0.3, -0.25) is 10.1 Å². The van der Waals surface area contributed by atoms with E-state index in [-0.39, 0.29) is 5.69 Å². The quantitative estimate of drug-likeness (QED) is 0.686. The number of anilines is 1. The minimum atomic E-state index is -0.397. The Hall–Kier alpha value is -1.40. The molecular weight excluding hydrogens is 292 g/mol. The molecule has 2 unspecified atom stereocenters. The molecule has 0 radical (unpaired) electrons. The number of hydrogen-bond donors (Lipinski definition) is 1. The molecule has 0 saturated carbocycles. The third kappa shape index (κ3) is 3.11. The number of hydrogen-bond acceptors (Lipinski definition) is 5. The van der Waals surface area contributed by atoms with E-state index in [1.165, 1.54) is 31.5 Å². The second-order valence-corrected chi connectivity index (χ2v) is 6.24. The van der Waals surface area contributed by atoms with Crippen LogP contribution < -0.4 is 10.2 Å². The first-order valence-electron chi connectivity index (χ1n) is 7.43. The van der Waals surface area contributed by atoms with Gasteiger partial charge in [0.25, 0.3) is 0 Å². The summed E-state index contributed by atoms with van der Waals surface area (Å²) in [5, 5.41) is 15.1. The smallest absolute Gasteiger partial charge is 0.313 e. The van der Waals surface area contributed by atoms with E-state index >= 15 is 0 Å². The lowest BCUT2D eigenvalue weighted by Crippen LogP contribution is -2.44. The Balaban J connectivity index is 1.81. The van der Waals surface area contributed by atoms with Crippen LogP contribution in [0.1, 0.15) is 25.7 Å². The Bertz CT molecular complexity index is 534. The number of nitrogens with zero attached hydrogens (tertiary/aromatic N) is 3. The lowest BCUT2D eigenvalue weighted by atomic mass is 9.90. The van der Waals surface area contributed by atoms with Gasteiger partial charge in [0, 0.05) is 31.4 Å². The maximum atomic E-state index is 11.2. The van der Waals surface area contributed by atoms with Gasteiger partial charge in [0.05, 0.1) is 9.95 Å². The minimum Gasteiger partial charge on any atom is -0.351 e. The molecule has 2 aliphatic rings. The van der Waals surface area contributed by atoms with Crippen molar-refractivity contribution in [3.8, 4) is 0 Å². The number of nitrogens with one attached hydrogen (secondary N) is 1. The zero-order valence-corrected chi connectivity index (χ0v) is 12.6. The monoisotopic (exact) mass is 310 g/mol. The first kappa shape index (κ1) is 14.5. The predicted octanol–water partition coefficient (Wildman–Crippen LogP) is 2.61. The van der Waals surface area contributed by atoms with Gasteiger partial charge in [-0.1, -0.05) is 11.6 Å². The van der Waals surface area contributed by atoms with Crippen molar-refractivity contribution in [3.63, 3.8) is 0 Å². The van der Waals surface area contributed by atoms with Crippen molar-refractivity contribution in [1.29, 1.82) is 0 Å². The lowest BCUT2D eigenvalue weighted by molar-refractivity contribution is -0.384. The number of piperidine rings is 1. The summed E-state index contributed by atoms with van der Waals surface area (Å²) in [5.41, 5.74) is 0.00234. The summed E-state index contributed by atoms with van der Waals surface area (Å²) in [6, 6.07) is 1.93. The average Bonchev–Trinajstić information content (AvgIpc) is 3.01. The predicted molar refractivity (Wildman–Crippen MR) is 81.9 cm³/mol. The van der Waals surface area contributed by atoms with Gasteiger partial charge < -0.3 is 10.2 Å². The van der Waals surface area contributed by atoms with Crippen molar-refractivity contribution < 1.29 is 4.92 Å². The van der Waals surface area contributed by atoms with Crippen LogP contribution in [0.4, 0.5) is 11.5 Å². The molecule has 0 aromatic carbocycles. The molecule has 2 atom stereocenters. The third-order valence-electron chi connectivity index (χ3n) is 4.44. The maximum Gasteiger partial charge on any atom is 0.313 e. The molecule has 6 nitrogen and oxygen atoms in total. The van der Waals surface area contributed by atoms with Gasteiger partial charge in [0.2, 0.25) is 5.82 Å². The third-order valence-corrected chi connectivity index (χ3v) is 4.64. The summed E-state index contributed by atoms with van der Waals surface area (Å²) in [4.78, 5) is 17.1. The largest absolute Gasteiger partial charge is 0.351 e. The van der Waals surface area contributed by atoms with Crippen molar-refractivity contribution in [1.82, 2.24) is 10.3 Å². The first-order valence-corrected chi connectivity index (χ1v) is 7.81. The molecule has 3 rings (SSSR count). The fourth-order valence-corrected chi connectivity index (χ4v) is 3.60. The normalized spacial score (nSPS) is 26.0. The molecular formula is C14H19ClN4O2. The van der Waals surface area contributed by atoms with Gasteiger partial charge in [0.15, 0.2) is 0 Å². The molecule has 2 saturated heterocycles. The van der Waals surface area contributed by atoms with Crippen LogP contribution in [0.2, 0.25) is 5.02 Å². The Morgan fingerprint density at radius 1 is 1.43 bits per heavy atom. The van der Waals surface area contributed by atoms with Crippen LogP contribution in [-0.2, 0) is 0 Å². The molecule has 114 valence electrons. The van der Waals surface area contributed by atoms with Crippen LogP contribution in [0.3, 0.4) is 0 Å². The number of aromatic nitrogens is 1. The van der Waals surface area contributed by atoms with Crippen molar-refractivity contribution in [2.45, 2.75) is 31.7 Å². The van der Waals surface area contributed by atoms with Crippen molar-refractivity contribution in [3.05, 3.63) is 27.4 Å². The van der Waals surface area contributed by atoms with Gasteiger partial charge >= 0.3 is 5.69 Å². The fraction of sp³-hybridized carbons (Fsp3) is 0.643. The van der Waals surface area contributed by atoms with Crippen LogP contribution in [-0.4, -0.2) is 35.6 Å². The van der Waals surface area contributed by atoms with E-state index in [0.717, 1.165) is 26.1 Å². The molecule has 0 aliphatic carbocycles. The van der Waals surface area contributed by atoms with Gasteiger partial charge in [-0.2, -0.15) is 0 Å². The molecule has 0 spiro atoms. The van der Waals surface area contributed by atoms with E-state index in [0.29, 0.717) is 22.8 Å². The van der Waals surface area contributed by atoms with E-state index in [2.05, 4.69) is 10.3 Å². The Labute approximate surface area is 128 Å². The maximum absolute atomic E-state index is 11.2. The standard InChI is InChI=1S/C14H19ClN4O2/c15-11-7-13(19(20)21)14(17-8-11)18-6-2-3-10(9-18)12-4-1-5-16-12/h7-8,10,12,16H,1-6,9H2. The SMILES string of the molecule is O=[N+]([O-])c1cc(Cl)cnc1N1CCCC(C2CCCN2)C1.